The van der Waals surface area contributed by atoms with Crippen LogP contribution in [0.15, 0.2) is 24.3 Å². The molecule has 1 unspecified atom stereocenters. The van der Waals surface area contributed by atoms with Crippen molar-refractivity contribution in [1.82, 2.24) is 0 Å². The first-order chi connectivity index (χ1) is 22.5. The number of carbonyl (C=O) groups is 3. The van der Waals surface area contributed by atoms with Crippen molar-refractivity contribution < 1.29 is 54.7 Å². The van der Waals surface area contributed by atoms with Crippen LogP contribution in [0.3, 0.4) is 0 Å². The van der Waals surface area contributed by atoms with Crippen LogP contribution in [-0.2, 0) is 67.0 Å². The molecule has 0 aliphatic rings. The molecule has 1 N–H and O–H groups in total. The topological polar surface area (TPSA) is 133 Å². The fraction of sp³-hybridized carbons (Fsp3) is 0.483. The van der Waals surface area contributed by atoms with Crippen LogP contribution in [0.4, 0.5) is 13.2 Å². The summed E-state index contributed by atoms with van der Waals surface area (Å²) in [4.78, 5) is 40.5. The quantitative estimate of drug-likeness (QED) is 0.115. The highest BCUT2D eigenvalue weighted by molar-refractivity contribution is 7.85. The normalized spacial score (nSPS) is 12.7. The molecule has 19 heteroatoms. The van der Waals surface area contributed by atoms with Crippen molar-refractivity contribution in [2.24, 2.45) is 5.41 Å². The van der Waals surface area contributed by atoms with Crippen LogP contribution >= 0.6 is 0 Å². The molecule has 244 valence electrons. The maximum absolute atomic E-state index is 13.8. The molecule has 9 nitrogen and oxygen atoms in total. The summed E-state index contributed by atoms with van der Waals surface area (Å²) in [6, 6.07) is 6.21. The van der Waals surface area contributed by atoms with Crippen molar-refractivity contribution in [2.45, 2.75) is 63.5 Å². The third-order valence-electron chi connectivity index (χ3n) is 7.73. The molecule has 2 rings (SSSR count). The molecule has 2 aromatic rings. The van der Waals surface area contributed by atoms with Gasteiger partial charge < -0.3 is 14.2 Å². The van der Waals surface area contributed by atoms with E-state index in [1.54, 1.807) is 12.1 Å². The van der Waals surface area contributed by atoms with Gasteiger partial charge in [-0.1, -0.05) is 80.2 Å². The lowest BCUT2D eigenvalue weighted by Gasteiger charge is -2.32. The Hall–Kier alpha value is -3.06. The fourth-order valence-electron chi connectivity index (χ4n) is 4.88. The number of alkyl halides is 3. The lowest BCUT2D eigenvalue weighted by molar-refractivity contribution is -0.223. The summed E-state index contributed by atoms with van der Waals surface area (Å²) in [5.74, 6) is -5.95. The summed E-state index contributed by atoms with van der Waals surface area (Å²) in [6.45, 7) is -0.754. The van der Waals surface area contributed by atoms with Crippen LogP contribution in [0, 0.1) is 5.41 Å². The summed E-state index contributed by atoms with van der Waals surface area (Å²) in [5.41, 5.74) is -0.464. The molecular weight excluding hydrogens is 646 g/mol. The fourth-order valence-corrected chi connectivity index (χ4v) is 5.52. The van der Waals surface area contributed by atoms with Crippen LogP contribution in [0.25, 0.3) is 0 Å². The van der Waals surface area contributed by atoms with Crippen molar-refractivity contribution >= 4 is 75.1 Å². The second-order valence-electron chi connectivity index (χ2n) is 10.7. The monoisotopic (exact) mass is 676 g/mol. The van der Waals surface area contributed by atoms with Crippen LogP contribution in [0.1, 0.15) is 67.4 Å². The SMILES string of the molecule is [B]Cc1ccc(C[B])c(C(=O)OCC(CC)(COC(=O)c2c(C[B])ccc(C[B])c2C[B])C(=O)OC(CS(=O)(=O)O)C(F)(F)F)c1C[B]. The third-order valence-corrected chi connectivity index (χ3v) is 8.46. The van der Waals surface area contributed by atoms with Crippen molar-refractivity contribution in [3.63, 3.8) is 0 Å². The number of hydrogen-bond acceptors (Lipinski definition) is 8. The Morgan fingerprint density at radius 2 is 1.10 bits per heavy atom. The Kier molecular flexibility index (Phi) is 15.0. The molecule has 0 bridgehead atoms. The van der Waals surface area contributed by atoms with Crippen molar-refractivity contribution in [3.8, 4) is 0 Å². The van der Waals surface area contributed by atoms with Gasteiger partial charge in [-0.25, -0.2) is 9.59 Å². The number of hydrogen-bond donors (Lipinski definition) is 1. The first kappa shape index (κ1) is 41.1. The van der Waals surface area contributed by atoms with E-state index in [4.69, 9.17) is 61.1 Å². The van der Waals surface area contributed by atoms with Crippen LogP contribution in [0.2, 0.25) is 0 Å². The van der Waals surface area contributed by atoms with Crippen molar-refractivity contribution in [3.05, 3.63) is 68.8 Å². The molecule has 12 radical (unpaired) electrons. The van der Waals surface area contributed by atoms with E-state index >= 15 is 0 Å². The lowest BCUT2D eigenvalue weighted by atomic mass is 9.80. The minimum atomic E-state index is -5.46. The Labute approximate surface area is 286 Å². The molecule has 0 aromatic heterocycles. The zero-order valence-corrected chi connectivity index (χ0v) is 27.0. The van der Waals surface area contributed by atoms with Gasteiger partial charge in [0.15, 0.2) is 0 Å². The smallest absolute Gasteiger partial charge is 0.426 e. The van der Waals surface area contributed by atoms with E-state index in [1.165, 1.54) is 19.1 Å². The first-order valence-corrected chi connectivity index (χ1v) is 16.1. The molecule has 0 fully saturated rings. The molecule has 0 saturated heterocycles. The number of carbonyl (C=O) groups excluding carboxylic acids is 3. The van der Waals surface area contributed by atoms with Gasteiger partial charge in [0.2, 0.25) is 6.10 Å². The number of esters is 3. The second-order valence-corrected chi connectivity index (χ2v) is 12.2. The minimum absolute atomic E-state index is 0.0215. The van der Waals surface area contributed by atoms with Gasteiger partial charge in [0.05, 0.1) is 58.2 Å². The maximum atomic E-state index is 13.8. The van der Waals surface area contributed by atoms with E-state index in [2.05, 4.69) is 4.74 Å². The number of ether oxygens (including phenoxy) is 3. The summed E-state index contributed by atoms with van der Waals surface area (Å²) in [6.07, 6.45) is -9.96. The Morgan fingerprint density at radius 1 is 0.729 bits per heavy atom. The molecule has 0 amide bonds. The zero-order valence-electron chi connectivity index (χ0n) is 26.2. The molecule has 0 spiro atoms. The molecule has 0 saturated carbocycles. The predicted octanol–water partition coefficient (Wildman–Crippen LogP) is 1.47. The highest BCUT2D eigenvalue weighted by Gasteiger charge is 2.50. The van der Waals surface area contributed by atoms with E-state index in [1.807, 2.05) is 0 Å². The Morgan fingerprint density at radius 3 is 1.40 bits per heavy atom. The average Bonchev–Trinajstić information content (AvgIpc) is 3.05. The molecule has 2 aromatic carbocycles. The highest BCUT2D eigenvalue weighted by atomic mass is 32.2. The number of rotatable bonds is 17. The third kappa shape index (κ3) is 9.99. The van der Waals surface area contributed by atoms with Gasteiger partial charge in [0, 0.05) is 0 Å². The van der Waals surface area contributed by atoms with Gasteiger partial charge in [0.1, 0.15) is 24.4 Å². The summed E-state index contributed by atoms with van der Waals surface area (Å²) >= 11 is 0. The second kappa shape index (κ2) is 17.6. The van der Waals surface area contributed by atoms with E-state index in [9.17, 15) is 36.0 Å². The van der Waals surface area contributed by atoms with Gasteiger partial charge in [-0.15, -0.1) is 0 Å². The average molecular weight is 675 g/mol. The van der Waals surface area contributed by atoms with Crippen LogP contribution < -0.4 is 0 Å². The molecule has 0 heterocycles. The van der Waals surface area contributed by atoms with E-state index in [0.29, 0.717) is 11.1 Å². The van der Waals surface area contributed by atoms with Gasteiger partial charge in [-0.2, -0.15) is 21.6 Å². The van der Waals surface area contributed by atoms with E-state index < -0.39 is 71.1 Å². The standard InChI is InChI=1S/C29H29B6F3O9S/c1-2-28(27(41)47-22(29(36,37)38)13-48(42,43)44,14-45-25(39)23-18(9-32)5-3-16(7-30)20(23)11-34)15-46-26(40)24-19(10-33)6-4-17(8-31)21(24)12-35/h3-6,22H,2,7-15H2,1H3,(H,42,43,44). The van der Waals surface area contributed by atoms with Gasteiger partial charge in [-0.3, -0.25) is 9.35 Å². The maximum Gasteiger partial charge on any atom is 0.426 e. The van der Waals surface area contributed by atoms with Crippen molar-refractivity contribution in [2.75, 3.05) is 19.0 Å². The number of benzene rings is 2. The Balaban J connectivity index is 2.62. The molecule has 0 aliphatic heterocycles. The molecule has 48 heavy (non-hydrogen) atoms. The lowest BCUT2D eigenvalue weighted by Crippen LogP contribution is -2.48. The van der Waals surface area contributed by atoms with Gasteiger partial charge in [-0.05, 0) is 28.7 Å². The van der Waals surface area contributed by atoms with E-state index in [0.717, 1.165) is 0 Å². The van der Waals surface area contributed by atoms with Gasteiger partial charge in [0.25, 0.3) is 10.1 Å². The number of halogens is 3. The van der Waals surface area contributed by atoms with E-state index in [-0.39, 0.29) is 71.3 Å². The highest BCUT2D eigenvalue weighted by Crippen LogP contribution is 2.33. The minimum Gasteiger partial charge on any atom is -0.461 e. The zero-order chi connectivity index (χ0) is 36.4. The molecule has 0 aliphatic carbocycles. The van der Waals surface area contributed by atoms with Crippen LogP contribution in [0.5, 0.6) is 0 Å². The predicted molar refractivity (Wildman–Crippen MR) is 175 cm³/mol. The molecular formula is C29H29B6F3O9S. The summed E-state index contributed by atoms with van der Waals surface area (Å²) in [7, 11) is 29.5. The Bertz CT molecular complexity index is 1510. The summed E-state index contributed by atoms with van der Waals surface area (Å²) < 4.78 is 88.5. The van der Waals surface area contributed by atoms with Crippen molar-refractivity contribution in [1.29, 1.82) is 0 Å². The first-order valence-electron chi connectivity index (χ1n) is 14.5. The largest absolute Gasteiger partial charge is 0.461 e. The summed E-state index contributed by atoms with van der Waals surface area (Å²) in [5, 5.41) is 0. The van der Waals surface area contributed by atoms with Gasteiger partial charge >= 0.3 is 24.1 Å². The molecule has 1 atom stereocenters. The van der Waals surface area contributed by atoms with Crippen LogP contribution in [-0.4, -0.2) is 109 Å².